The number of rotatable bonds is 4. The number of nitrogens with one attached hydrogen (secondary N) is 1. The van der Waals surface area contributed by atoms with E-state index < -0.39 is 0 Å². The van der Waals surface area contributed by atoms with E-state index in [1.807, 2.05) is 55.8 Å². The van der Waals surface area contributed by atoms with E-state index in [2.05, 4.69) is 20.6 Å². The molecular formula is C19H20N6O2S. The van der Waals surface area contributed by atoms with Crippen molar-refractivity contribution in [3.8, 4) is 5.88 Å². The van der Waals surface area contributed by atoms with E-state index in [0.717, 1.165) is 32.5 Å². The molecule has 3 aromatic heterocycles. The molecule has 3 heterocycles. The van der Waals surface area contributed by atoms with Crippen LogP contribution in [0, 0.1) is 13.8 Å². The van der Waals surface area contributed by atoms with Gasteiger partial charge in [0.15, 0.2) is 12.3 Å². The monoisotopic (exact) mass is 396 g/mol. The van der Waals surface area contributed by atoms with Gasteiger partial charge in [0.2, 0.25) is 10.7 Å². The topological polar surface area (TPSA) is 86.3 Å². The Morgan fingerprint density at radius 2 is 2.07 bits per heavy atom. The van der Waals surface area contributed by atoms with Crippen LogP contribution in [-0.4, -0.2) is 31.8 Å². The molecule has 28 heavy (non-hydrogen) atoms. The zero-order chi connectivity index (χ0) is 19.8. The van der Waals surface area contributed by atoms with Crippen molar-refractivity contribution >= 4 is 38.5 Å². The average Bonchev–Trinajstić information content (AvgIpc) is 3.16. The Morgan fingerprint density at radius 3 is 2.86 bits per heavy atom. The molecule has 4 aromatic rings. The number of pyridine rings is 1. The molecule has 9 heteroatoms. The van der Waals surface area contributed by atoms with Gasteiger partial charge in [-0.2, -0.15) is 0 Å². The number of para-hydroxylation sites is 1. The van der Waals surface area contributed by atoms with E-state index in [-0.39, 0.29) is 12.5 Å². The number of hydrogen-bond acceptors (Lipinski definition) is 6. The lowest BCUT2D eigenvalue weighted by atomic mass is 10.2. The van der Waals surface area contributed by atoms with Crippen molar-refractivity contribution in [3.05, 3.63) is 46.4 Å². The maximum atomic E-state index is 12.2. The van der Waals surface area contributed by atoms with Gasteiger partial charge in [-0.25, -0.2) is 15.1 Å². The SMILES string of the molecule is Cc1cc(C)c2c(OCC(=O)N/N=c3\sc4ccccc4n3C)nn(C)c2n1. The molecule has 4 rings (SSSR count). The summed E-state index contributed by atoms with van der Waals surface area (Å²) in [5.74, 6) is 0.0408. The summed E-state index contributed by atoms with van der Waals surface area (Å²) in [4.78, 5) is 17.4. The summed E-state index contributed by atoms with van der Waals surface area (Å²) in [5.41, 5.74) is 6.26. The lowest BCUT2D eigenvalue weighted by molar-refractivity contribution is -0.123. The summed E-state index contributed by atoms with van der Waals surface area (Å²) in [6.45, 7) is 3.73. The molecule has 1 aromatic carbocycles. The van der Waals surface area contributed by atoms with Crippen LogP contribution in [0.4, 0.5) is 0 Å². The Balaban J connectivity index is 1.51. The smallest absolute Gasteiger partial charge is 0.278 e. The number of carbonyl (C=O) groups excluding carboxylic acids is 1. The highest BCUT2D eigenvalue weighted by atomic mass is 32.1. The fraction of sp³-hybridized carbons (Fsp3) is 0.263. The lowest BCUT2D eigenvalue weighted by Crippen LogP contribution is -2.28. The van der Waals surface area contributed by atoms with Crippen LogP contribution >= 0.6 is 11.3 Å². The summed E-state index contributed by atoms with van der Waals surface area (Å²) in [7, 11) is 3.72. The van der Waals surface area contributed by atoms with E-state index in [1.165, 1.54) is 11.3 Å². The summed E-state index contributed by atoms with van der Waals surface area (Å²) < 4.78 is 10.3. The van der Waals surface area contributed by atoms with Gasteiger partial charge < -0.3 is 9.30 Å². The standard InChI is InChI=1S/C19H20N6O2S/c1-11-9-12(2)20-17-16(11)18(23-25(17)4)27-10-15(26)21-22-19-24(3)13-7-5-6-8-14(13)28-19/h5-9H,10H2,1-4H3,(H,21,26)/b22-19-. The molecule has 0 unspecified atom stereocenters. The highest BCUT2D eigenvalue weighted by Crippen LogP contribution is 2.26. The lowest BCUT2D eigenvalue weighted by Gasteiger charge is -2.04. The summed E-state index contributed by atoms with van der Waals surface area (Å²) in [5, 5.41) is 9.37. The zero-order valence-electron chi connectivity index (χ0n) is 16.1. The van der Waals surface area contributed by atoms with Crippen LogP contribution in [0.5, 0.6) is 5.88 Å². The number of fused-ring (bicyclic) bond motifs is 2. The van der Waals surface area contributed by atoms with Crippen molar-refractivity contribution in [2.24, 2.45) is 19.2 Å². The number of aryl methyl sites for hydroxylation is 4. The molecular weight excluding hydrogens is 376 g/mol. The molecule has 0 radical (unpaired) electrons. The van der Waals surface area contributed by atoms with Gasteiger partial charge in [-0.1, -0.05) is 23.5 Å². The molecule has 0 aliphatic carbocycles. The van der Waals surface area contributed by atoms with Gasteiger partial charge in [-0.3, -0.25) is 4.79 Å². The molecule has 0 fully saturated rings. The Kier molecular flexibility index (Phi) is 4.60. The highest BCUT2D eigenvalue weighted by molar-refractivity contribution is 7.16. The zero-order valence-corrected chi connectivity index (χ0v) is 16.9. The van der Waals surface area contributed by atoms with Gasteiger partial charge in [-0.05, 0) is 37.6 Å². The first-order valence-electron chi connectivity index (χ1n) is 8.75. The van der Waals surface area contributed by atoms with E-state index in [1.54, 1.807) is 11.7 Å². The van der Waals surface area contributed by atoms with Crippen LogP contribution in [0.1, 0.15) is 11.3 Å². The third-order valence-electron chi connectivity index (χ3n) is 4.42. The number of hydrogen-bond donors (Lipinski definition) is 1. The number of amides is 1. The van der Waals surface area contributed by atoms with Gasteiger partial charge in [0.05, 0.1) is 15.6 Å². The van der Waals surface area contributed by atoms with Crippen LogP contribution in [0.3, 0.4) is 0 Å². The maximum absolute atomic E-state index is 12.2. The van der Waals surface area contributed by atoms with Crippen molar-refractivity contribution in [2.45, 2.75) is 13.8 Å². The average molecular weight is 396 g/mol. The van der Waals surface area contributed by atoms with Crippen LogP contribution in [0.25, 0.3) is 21.3 Å². The third kappa shape index (κ3) is 3.24. The van der Waals surface area contributed by atoms with Crippen molar-refractivity contribution in [1.29, 1.82) is 0 Å². The van der Waals surface area contributed by atoms with E-state index in [0.29, 0.717) is 10.7 Å². The van der Waals surface area contributed by atoms with Crippen LogP contribution in [0.2, 0.25) is 0 Å². The molecule has 144 valence electrons. The number of aromatic nitrogens is 4. The number of benzene rings is 1. The minimum Gasteiger partial charge on any atom is -0.466 e. The Labute approximate surface area is 165 Å². The molecule has 0 bridgehead atoms. The van der Waals surface area contributed by atoms with Crippen molar-refractivity contribution in [2.75, 3.05) is 6.61 Å². The molecule has 1 N–H and O–H groups in total. The predicted molar refractivity (Wildman–Crippen MR) is 108 cm³/mol. The second-order valence-corrected chi connectivity index (χ2v) is 7.56. The molecule has 1 amide bonds. The fourth-order valence-corrected chi connectivity index (χ4v) is 4.09. The molecule has 0 saturated heterocycles. The largest absolute Gasteiger partial charge is 0.466 e. The fourth-order valence-electron chi connectivity index (χ4n) is 3.11. The first-order chi connectivity index (χ1) is 13.4. The Bertz CT molecular complexity index is 1270. The number of nitrogens with zero attached hydrogens (tertiary/aromatic N) is 5. The molecule has 0 saturated carbocycles. The number of ether oxygens (including phenoxy) is 1. The molecule has 8 nitrogen and oxygen atoms in total. The van der Waals surface area contributed by atoms with Crippen molar-refractivity contribution in [3.63, 3.8) is 0 Å². The van der Waals surface area contributed by atoms with Gasteiger partial charge >= 0.3 is 0 Å². The normalized spacial score (nSPS) is 12.1. The summed E-state index contributed by atoms with van der Waals surface area (Å²) in [6.07, 6.45) is 0. The van der Waals surface area contributed by atoms with Gasteiger partial charge in [-0.15, -0.1) is 10.2 Å². The minimum absolute atomic E-state index is 0.183. The molecule has 0 aliphatic heterocycles. The van der Waals surface area contributed by atoms with Crippen molar-refractivity contribution in [1.82, 2.24) is 24.8 Å². The summed E-state index contributed by atoms with van der Waals surface area (Å²) in [6, 6.07) is 9.95. The van der Waals surface area contributed by atoms with Gasteiger partial charge in [0, 0.05) is 19.8 Å². The Morgan fingerprint density at radius 1 is 1.29 bits per heavy atom. The maximum Gasteiger partial charge on any atom is 0.278 e. The molecule has 0 aliphatic rings. The van der Waals surface area contributed by atoms with Crippen LogP contribution in [-0.2, 0) is 18.9 Å². The number of thiazole rings is 1. The summed E-state index contributed by atoms with van der Waals surface area (Å²) >= 11 is 1.51. The third-order valence-corrected chi connectivity index (χ3v) is 5.53. The number of carbonyl (C=O) groups is 1. The van der Waals surface area contributed by atoms with Gasteiger partial charge in [0.25, 0.3) is 5.91 Å². The van der Waals surface area contributed by atoms with E-state index in [4.69, 9.17) is 4.74 Å². The first kappa shape index (κ1) is 18.2. The second kappa shape index (κ2) is 7.08. The van der Waals surface area contributed by atoms with E-state index in [9.17, 15) is 4.79 Å². The highest BCUT2D eigenvalue weighted by Gasteiger charge is 2.15. The minimum atomic E-state index is -0.353. The molecule has 0 atom stereocenters. The molecule has 0 spiro atoms. The van der Waals surface area contributed by atoms with Gasteiger partial charge in [0.1, 0.15) is 0 Å². The van der Waals surface area contributed by atoms with Crippen molar-refractivity contribution < 1.29 is 9.53 Å². The van der Waals surface area contributed by atoms with Crippen LogP contribution in [0.15, 0.2) is 35.4 Å². The quantitative estimate of drug-likeness (QED) is 0.536. The Hall–Kier alpha value is -3.20. The van der Waals surface area contributed by atoms with Crippen LogP contribution < -0.4 is 15.0 Å². The first-order valence-corrected chi connectivity index (χ1v) is 9.56. The second-order valence-electron chi connectivity index (χ2n) is 6.55. The van der Waals surface area contributed by atoms with E-state index >= 15 is 0 Å². The predicted octanol–water partition coefficient (Wildman–Crippen LogP) is 2.15.